The first-order valence-corrected chi connectivity index (χ1v) is 12.1. The Labute approximate surface area is 216 Å². The van der Waals surface area contributed by atoms with Gasteiger partial charge in [-0.25, -0.2) is 14.6 Å². The largest absolute Gasteiger partial charge is 0.493 e. The van der Waals surface area contributed by atoms with Crippen molar-refractivity contribution in [2.24, 2.45) is 0 Å². The number of carboxylic acids is 2. The highest BCUT2D eigenvalue weighted by Gasteiger charge is 2.19. The van der Waals surface area contributed by atoms with Crippen LogP contribution in [0.15, 0.2) is 72.9 Å². The molecule has 1 aliphatic heterocycles. The molecule has 3 aromatic rings. The molecule has 9 nitrogen and oxygen atoms in total. The number of aliphatic carboxylic acids is 2. The lowest BCUT2D eigenvalue weighted by Crippen LogP contribution is -2.47. The predicted octanol–water partition coefficient (Wildman–Crippen LogP) is 3.23. The van der Waals surface area contributed by atoms with Crippen molar-refractivity contribution in [3.05, 3.63) is 84.1 Å². The van der Waals surface area contributed by atoms with Gasteiger partial charge in [-0.05, 0) is 35.7 Å². The van der Waals surface area contributed by atoms with E-state index in [0.717, 1.165) is 62.9 Å². The first kappa shape index (κ1) is 27.5. The molecule has 2 aromatic carbocycles. The number of aromatic nitrogens is 1. The fraction of sp³-hybridized carbons (Fsp3) is 0.321. The van der Waals surface area contributed by atoms with Gasteiger partial charge < -0.3 is 24.6 Å². The monoisotopic (exact) mass is 507 g/mol. The summed E-state index contributed by atoms with van der Waals surface area (Å²) >= 11 is 0. The lowest BCUT2D eigenvalue weighted by molar-refractivity contribution is -0.159. The third kappa shape index (κ3) is 8.80. The van der Waals surface area contributed by atoms with Crippen LogP contribution < -0.4 is 14.4 Å². The Morgan fingerprint density at radius 3 is 2.19 bits per heavy atom. The van der Waals surface area contributed by atoms with Crippen molar-refractivity contribution in [2.75, 3.05) is 51.3 Å². The molecule has 0 amide bonds. The summed E-state index contributed by atoms with van der Waals surface area (Å²) < 4.78 is 11.8. The number of benzene rings is 2. The number of hydrogen-bond donors (Lipinski definition) is 2. The molecule has 1 aromatic heterocycles. The van der Waals surface area contributed by atoms with E-state index in [1.165, 1.54) is 11.1 Å². The molecule has 4 rings (SSSR count). The number of pyridine rings is 1. The number of methoxy groups -OCH3 is 1. The van der Waals surface area contributed by atoms with Gasteiger partial charge in [-0.1, -0.05) is 48.5 Å². The summed E-state index contributed by atoms with van der Waals surface area (Å²) in [6.45, 7) is 5.76. The highest BCUT2D eigenvalue weighted by molar-refractivity contribution is 6.27. The molecule has 196 valence electrons. The zero-order valence-electron chi connectivity index (χ0n) is 21.0. The Morgan fingerprint density at radius 2 is 1.57 bits per heavy atom. The molecule has 1 aliphatic rings. The molecule has 0 aliphatic carbocycles. The third-order valence-electron chi connectivity index (χ3n) is 5.99. The summed E-state index contributed by atoms with van der Waals surface area (Å²) in [4.78, 5) is 27.6. The van der Waals surface area contributed by atoms with E-state index in [-0.39, 0.29) is 0 Å². The number of ether oxygens (including phenoxy) is 2. The smallest absolute Gasteiger partial charge is 0.414 e. The second-order valence-corrected chi connectivity index (χ2v) is 8.41. The topological polar surface area (TPSA) is 112 Å². The Morgan fingerprint density at radius 1 is 0.865 bits per heavy atom. The minimum Gasteiger partial charge on any atom is -0.493 e. The highest BCUT2D eigenvalue weighted by atomic mass is 16.5. The predicted molar refractivity (Wildman–Crippen MR) is 141 cm³/mol. The van der Waals surface area contributed by atoms with Gasteiger partial charge in [0, 0.05) is 45.3 Å². The van der Waals surface area contributed by atoms with Crippen LogP contribution in [-0.4, -0.2) is 78.5 Å². The fourth-order valence-corrected chi connectivity index (χ4v) is 4.02. The number of piperazine rings is 1. The van der Waals surface area contributed by atoms with Crippen molar-refractivity contribution >= 4 is 17.8 Å². The number of carboxylic acid groups (broad SMARTS) is 2. The van der Waals surface area contributed by atoms with E-state index in [2.05, 4.69) is 63.3 Å². The molecular weight excluding hydrogens is 474 g/mol. The summed E-state index contributed by atoms with van der Waals surface area (Å²) in [6, 6.07) is 22.7. The van der Waals surface area contributed by atoms with Gasteiger partial charge >= 0.3 is 11.9 Å². The van der Waals surface area contributed by atoms with Crippen molar-refractivity contribution < 1.29 is 29.3 Å². The normalized spacial score (nSPS) is 13.3. The number of rotatable bonds is 9. The molecule has 2 heterocycles. The van der Waals surface area contributed by atoms with Gasteiger partial charge in [0.2, 0.25) is 0 Å². The van der Waals surface area contributed by atoms with Crippen LogP contribution in [0.4, 0.5) is 5.82 Å². The van der Waals surface area contributed by atoms with E-state index in [1.54, 1.807) is 7.11 Å². The minimum atomic E-state index is -1.82. The SMILES string of the molecule is COc1cccc(CCN2CCN(c3ccccn3)CC2)c1OCCc1ccccc1.O=C(O)C(=O)O. The molecule has 0 atom stereocenters. The molecule has 0 radical (unpaired) electrons. The van der Waals surface area contributed by atoms with E-state index in [0.29, 0.717) is 6.61 Å². The summed E-state index contributed by atoms with van der Waals surface area (Å²) in [5.74, 6) is -0.882. The summed E-state index contributed by atoms with van der Waals surface area (Å²) in [6.07, 6.45) is 3.69. The van der Waals surface area contributed by atoms with Crippen LogP contribution in [0.5, 0.6) is 11.5 Å². The first-order valence-electron chi connectivity index (χ1n) is 12.1. The van der Waals surface area contributed by atoms with Crippen LogP contribution in [0.1, 0.15) is 11.1 Å². The van der Waals surface area contributed by atoms with Gasteiger partial charge in [0.25, 0.3) is 0 Å². The number of anilines is 1. The molecule has 0 saturated carbocycles. The molecular formula is C28H33N3O6. The Hall–Kier alpha value is -4.11. The molecule has 0 spiro atoms. The van der Waals surface area contributed by atoms with Crippen LogP contribution in [0.3, 0.4) is 0 Å². The van der Waals surface area contributed by atoms with E-state index < -0.39 is 11.9 Å². The fourth-order valence-electron chi connectivity index (χ4n) is 4.02. The Bertz CT molecular complexity index is 1110. The Balaban J connectivity index is 0.000000568. The quantitative estimate of drug-likeness (QED) is 0.422. The van der Waals surface area contributed by atoms with Crippen LogP contribution in [0.2, 0.25) is 0 Å². The highest BCUT2D eigenvalue weighted by Crippen LogP contribution is 2.32. The maximum atomic E-state index is 9.10. The lowest BCUT2D eigenvalue weighted by atomic mass is 10.1. The minimum absolute atomic E-state index is 0.639. The molecule has 9 heteroatoms. The van der Waals surface area contributed by atoms with Crippen molar-refractivity contribution in [3.63, 3.8) is 0 Å². The zero-order chi connectivity index (χ0) is 26.5. The first-order chi connectivity index (χ1) is 18.0. The molecule has 0 unspecified atom stereocenters. The number of para-hydroxylation sites is 1. The van der Waals surface area contributed by atoms with Gasteiger partial charge in [-0.15, -0.1) is 0 Å². The zero-order valence-corrected chi connectivity index (χ0v) is 21.0. The molecule has 37 heavy (non-hydrogen) atoms. The van der Waals surface area contributed by atoms with Crippen LogP contribution in [0.25, 0.3) is 0 Å². The van der Waals surface area contributed by atoms with Crippen molar-refractivity contribution in [1.29, 1.82) is 0 Å². The van der Waals surface area contributed by atoms with E-state index in [4.69, 9.17) is 29.3 Å². The number of carbonyl (C=O) groups is 2. The van der Waals surface area contributed by atoms with Gasteiger partial charge in [0.1, 0.15) is 5.82 Å². The van der Waals surface area contributed by atoms with Gasteiger partial charge in [0.05, 0.1) is 13.7 Å². The van der Waals surface area contributed by atoms with Gasteiger partial charge in [-0.3, -0.25) is 4.90 Å². The van der Waals surface area contributed by atoms with Crippen LogP contribution >= 0.6 is 0 Å². The standard InChI is InChI=1S/C26H31N3O2.C2H2O4/c1-30-24-11-7-10-23(26(24)31-21-14-22-8-3-2-4-9-22)13-16-28-17-19-29(20-18-28)25-12-5-6-15-27-25;3-1(4)2(5)6/h2-12,15H,13-14,16-21H2,1H3;(H,3,4)(H,5,6). The molecule has 1 fully saturated rings. The second-order valence-electron chi connectivity index (χ2n) is 8.41. The molecule has 0 bridgehead atoms. The number of nitrogens with zero attached hydrogens (tertiary/aromatic N) is 3. The summed E-state index contributed by atoms with van der Waals surface area (Å²) in [7, 11) is 1.71. The molecule has 2 N–H and O–H groups in total. The molecule has 1 saturated heterocycles. The maximum absolute atomic E-state index is 9.10. The Kier molecular flexibility index (Phi) is 10.7. The average molecular weight is 508 g/mol. The van der Waals surface area contributed by atoms with Crippen molar-refractivity contribution in [2.45, 2.75) is 12.8 Å². The van der Waals surface area contributed by atoms with Crippen molar-refractivity contribution in [3.8, 4) is 11.5 Å². The summed E-state index contributed by atoms with van der Waals surface area (Å²) in [5.41, 5.74) is 2.49. The van der Waals surface area contributed by atoms with Gasteiger partial charge in [-0.2, -0.15) is 0 Å². The van der Waals surface area contributed by atoms with Crippen LogP contribution in [-0.2, 0) is 22.4 Å². The van der Waals surface area contributed by atoms with Crippen molar-refractivity contribution in [1.82, 2.24) is 9.88 Å². The van der Waals surface area contributed by atoms with E-state index in [9.17, 15) is 0 Å². The third-order valence-corrected chi connectivity index (χ3v) is 5.99. The van der Waals surface area contributed by atoms with Gasteiger partial charge in [0.15, 0.2) is 11.5 Å². The lowest BCUT2D eigenvalue weighted by Gasteiger charge is -2.35. The number of hydrogen-bond acceptors (Lipinski definition) is 7. The summed E-state index contributed by atoms with van der Waals surface area (Å²) in [5, 5.41) is 14.8. The van der Waals surface area contributed by atoms with E-state index in [1.807, 2.05) is 24.4 Å². The second kappa shape index (κ2) is 14.4. The van der Waals surface area contributed by atoms with E-state index >= 15 is 0 Å². The van der Waals surface area contributed by atoms with Crippen LogP contribution in [0, 0.1) is 0 Å². The average Bonchev–Trinajstić information content (AvgIpc) is 2.94. The maximum Gasteiger partial charge on any atom is 0.414 e.